The third kappa shape index (κ3) is 1.35. The molecule has 1 aliphatic heterocycles. The van der Waals surface area contributed by atoms with Gasteiger partial charge in [-0.05, 0) is 17.6 Å². The van der Waals surface area contributed by atoms with E-state index in [1.54, 1.807) is 0 Å². The van der Waals surface area contributed by atoms with Crippen LogP contribution in [-0.2, 0) is 0 Å². The quantitative estimate of drug-likeness (QED) is 0.608. The van der Waals surface area contributed by atoms with Gasteiger partial charge in [-0.15, -0.1) is 0 Å². The van der Waals surface area contributed by atoms with Gasteiger partial charge < -0.3 is 4.90 Å². The number of benzene rings is 1. The summed E-state index contributed by atoms with van der Waals surface area (Å²) in [5, 5.41) is 0. The van der Waals surface area contributed by atoms with Gasteiger partial charge in [0.15, 0.2) is 0 Å². The van der Waals surface area contributed by atoms with E-state index < -0.39 is 0 Å². The Kier molecular flexibility index (Phi) is 1.86. The van der Waals surface area contributed by atoms with Gasteiger partial charge in [-0.2, -0.15) is 0 Å². The molecule has 2 rings (SSSR count). The zero-order valence-electron chi connectivity index (χ0n) is 7.33. The predicted molar refractivity (Wildman–Crippen MR) is 51.7 cm³/mol. The molecule has 1 nitrogen and oxygen atoms in total. The van der Waals surface area contributed by atoms with E-state index in [4.69, 9.17) is 0 Å². The van der Waals surface area contributed by atoms with Crippen molar-refractivity contribution < 1.29 is 0 Å². The van der Waals surface area contributed by atoms with Crippen molar-refractivity contribution in [3.8, 4) is 0 Å². The largest absolute Gasteiger partial charge is 0.380 e. The minimum atomic E-state index is 1.16. The molecule has 0 atom stereocenters. The molecule has 1 heterocycles. The molecule has 1 aromatic carbocycles. The molecule has 0 spiro atoms. The lowest BCUT2D eigenvalue weighted by Gasteiger charge is -2.02. The van der Waals surface area contributed by atoms with Gasteiger partial charge in [0.25, 0.3) is 0 Å². The van der Waals surface area contributed by atoms with Crippen molar-refractivity contribution in [2.75, 3.05) is 13.6 Å². The van der Waals surface area contributed by atoms with E-state index in [-0.39, 0.29) is 0 Å². The van der Waals surface area contributed by atoms with E-state index in [0.29, 0.717) is 0 Å². The smallest absolute Gasteiger partial charge is 0.0210 e. The highest BCUT2D eigenvalue weighted by Crippen LogP contribution is 2.23. The third-order valence-electron chi connectivity index (χ3n) is 2.25. The first-order chi connectivity index (χ1) is 5.86. The van der Waals surface area contributed by atoms with E-state index >= 15 is 0 Å². The van der Waals surface area contributed by atoms with Crippen molar-refractivity contribution >= 4 is 5.57 Å². The average Bonchev–Trinajstić information content (AvgIpc) is 2.54. The van der Waals surface area contributed by atoms with Gasteiger partial charge >= 0.3 is 0 Å². The van der Waals surface area contributed by atoms with Crippen LogP contribution in [0, 0.1) is 0 Å². The fraction of sp³-hybridized carbons (Fsp3) is 0.273. The first-order valence-electron chi connectivity index (χ1n) is 4.32. The standard InChI is InChI=1S/C11H13N/c1-12-8-7-11(9-12)10-5-3-2-4-6-10/h2-6,9H,7-8H2,1H3. The molecule has 1 aromatic rings. The van der Waals surface area contributed by atoms with Gasteiger partial charge in [-0.3, -0.25) is 0 Å². The Labute approximate surface area is 73.3 Å². The van der Waals surface area contributed by atoms with Crippen molar-refractivity contribution in [2.24, 2.45) is 0 Å². The van der Waals surface area contributed by atoms with Gasteiger partial charge in [-0.25, -0.2) is 0 Å². The van der Waals surface area contributed by atoms with E-state index in [1.807, 2.05) is 0 Å². The topological polar surface area (TPSA) is 3.24 Å². The van der Waals surface area contributed by atoms with Crippen LogP contribution in [0.4, 0.5) is 0 Å². The van der Waals surface area contributed by atoms with Crippen LogP contribution in [0.15, 0.2) is 36.5 Å². The van der Waals surface area contributed by atoms with Crippen LogP contribution in [0.3, 0.4) is 0 Å². The second-order valence-electron chi connectivity index (χ2n) is 3.25. The zero-order chi connectivity index (χ0) is 8.39. The summed E-state index contributed by atoms with van der Waals surface area (Å²) in [6.07, 6.45) is 3.41. The maximum absolute atomic E-state index is 2.24. The predicted octanol–water partition coefficient (Wildman–Crippen LogP) is 2.36. The maximum atomic E-state index is 2.24. The van der Waals surface area contributed by atoms with Gasteiger partial charge in [0.05, 0.1) is 0 Å². The molecule has 0 aromatic heterocycles. The molecule has 0 saturated carbocycles. The molecule has 0 N–H and O–H groups in total. The Morgan fingerprint density at radius 2 is 1.92 bits per heavy atom. The van der Waals surface area contributed by atoms with Gasteiger partial charge in [-0.1, -0.05) is 30.3 Å². The normalized spacial score (nSPS) is 16.4. The molecule has 0 amide bonds. The highest BCUT2D eigenvalue weighted by atomic mass is 15.1. The Hall–Kier alpha value is -1.24. The molecule has 0 unspecified atom stereocenters. The Bertz CT molecular complexity index is 287. The summed E-state index contributed by atoms with van der Waals surface area (Å²) >= 11 is 0. The van der Waals surface area contributed by atoms with Crippen LogP contribution in [0.1, 0.15) is 12.0 Å². The average molecular weight is 159 g/mol. The molecule has 0 saturated heterocycles. The van der Waals surface area contributed by atoms with Crippen molar-refractivity contribution in [1.82, 2.24) is 4.90 Å². The fourth-order valence-corrected chi connectivity index (χ4v) is 1.56. The lowest BCUT2D eigenvalue weighted by Crippen LogP contribution is -2.04. The lowest BCUT2D eigenvalue weighted by atomic mass is 10.1. The second-order valence-corrected chi connectivity index (χ2v) is 3.25. The highest BCUT2D eigenvalue weighted by Gasteiger charge is 2.09. The molecule has 0 radical (unpaired) electrons. The first-order valence-corrected chi connectivity index (χ1v) is 4.32. The van der Waals surface area contributed by atoms with E-state index in [1.165, 1.54) is 17.6 Å². The summed E-state index contributed by atoms with van der Waals surface area (Å²) in [4.78, 5) is 2.24. The number of nitrogens with zero attached hydrogens (tertiary/aromatic N) is 1. The summed E-state index contributed by atoms with van der Waals surface area (Å²) in [7, 11) is 2.12. The SMILES string of the molecule is CN1C=C(c2ccccc2)CC1. The molecule has 0 aliphatic carbocycles. The summed E-state index contributed by atoms with van der Waals surface area (Å²) < 4.78 is 0. The lowest BCUT2D eigenvalue weighted by molar-refractivity contribution is 0.496. The maximum Gasteiger partial charge on any atom is 0.0210 e. The monoisotopic (exact) mass is 159 g/mol. The van der Waals surface area contributed by atoms with Crippen LogP contribution < -0.4 is 0 Å². The fourth-order valence-electron chi connectivity index (χ4n) is 1.56. The van der Waals surface area contributed by atoms with Crippen LogP contribution >= 0.6 is 0 Å². The summed E-state index contributed by atoms with van der Waals surface area (Å²) in [5.41, 5.74) is 2.82. The Morgan fingerprint density at radius 1 is 1.17 bits per heavy atom. The molecule has 0 bridgehead atoms. The zero-order valence-corrected chi connectivity index (χ0v) is 7.33. The van der Waals surface area contributed by atoms with E-state index in [9.17, 15) is 0 Å². The van der Waals surface area contributed by atoms with Gasteiger partial charge in [0.1, 0.15) is 0 Å². The first kappa shape index (κ1) is 7.41. The minimum Gasteiger partial charge on any atom is -0.380 e. The summed E-state index contributed by atoms with van der Waals surface area (Å²) in [6, 6.07) is 10.6. The van der Waals surface area contributed by atoms with Crippen molar-refractivity contribution in [1.29, 1.82) is 0 Å². The van der Waals surface area contributed by atoms with Crippen LogP contribution in [-0.4, -0.2) is 18.5 Å². The Morgan fingerprint density at radius 3 is 2.50 bits per heavy atom. The van der Waals surface area contributed by atoms with Crippen LogP contribution in [0.5, 0.6) is 0 Å². The number of rotatable bonds is 1. The summed E-state index contributed by atoms with van der Waals surface area (Å²) in [5.74, 6) is 0. The van der Waals surface area contributed by atoms with Crippen molar-refractivity contribution in [3.05, 3.63) is 42.1 Å². The Balaban J connectivity index is 2.27. The van der Waals surface area contributed by atoms with E-state index in [2.05, 4.69) is 48.5 Å². The molecule has 0 fully saturated rings. The number of hydrogen-bond donors (Lipinski definition) is 0. The van der Waals surface area contributed by atoms with Crippen LogP contribution in [0.25, 0.3) is 5.57 Å². The number of hydrogen-bond acceptors (Lipinski definition) is 1. The molecule has 62 valence electrons. The van der Waals surface area contributed by atoms with Crippen LogP contribution in [0.2, 0.25) is 0 Å². The molecule has 12 heavy (non-hydrogen) atoms. The van der Waals surface area contributed by atoms with Crippen molar-refractivity contribution in [2.45, 2.75) is 6.42 Å². The van der Waals surface area contributed by atoms with Gasteiger partial charge in [0.2, 0.25) is 0 Å². The highest BCUT2D eigenvalue weighted by molar-refractivity contribution is 5.66. The third-order valence-corrected chi connectivity index (χ3v) is 2.25. The second kappa shape index (κ2) is 3.02. The molecular weight excluding hydrogens is 146 g/mol. The molecular formula is C11H13N. The molecule has 1 heteroatoms. The summed E-state index contributed by atoms with van der Waals surface area (Å²) in [6.45, 7) is 1.16. The minimum absolute atomic E-state index is 1.16. The van der Waals surface area contributed by atoms with Crippen molar-refractivity contribution in [3.63, 3.8) is 0 Å². The molecule has 1 aliphatic rings. The van der Waals surface area contributed by atoms with E-state index in [0.717, 1.165) is 6.54 Å². The van der Waals surface area contributed by atoms with Gasteiger partial charge in [0, 0.05) is 19.8 Å².